The van der Waals surface area contributed by atoms with E-state index in [0.29, 0.717) is 12.2 Å². The van der Waals surface area contributed by atoms with Gasteiger partial charge in [-0.3, -0.25) is 4.79 Å². The fourth-order valence-electron chi connectivity index (χ4n) is 3.30. The van der Waals surface area contributed by atoms with Gasteiger partial charge in [-0.15, -0.1) is 0 Å². The highest BCUT2D eigenvalue weighted by molar-refractivity contribution is 5.87. The van der Waals surface area contributed by atoms with Gasteiger partial charge in [-0.25, -0.2) is 0 Å². The molecule has 0 heterocycles. The molecule has 0 amide bonds. The van der Waals surface area contributed by atoms with E-state index in [2.05, 4.69) is 6.92 Å². The molecule has 3 nitrogen and oxygen atoms in total. The Labute approximate surface area is 147 Å². The lowest BCUT2D eigenvalue weighted by Gasteiger charge is -2.18. The molecule has 0 spiro atoms. The van der Waals surface area contributed by atoms with E-state index in [0.717, 1.165) is 33.9 Å². The van der Waals surface area contributed by atoms with Gasteiger partial charge in [-0.05, 0) is 40.8 Å². The highest BCUT2D eigenvalue weighted by Crippen LogP contribution is 2.32. The van der Waals surface area contributed by atoms with Crippen molar-refractivity contribution in [1.82, 2.24) is 0 Å². The largest absolute Gasteiger partial charge is 0.496 e. The van der Waals surface area contributed by atoms with Crippen molar-refractivity contribution in [3.8, 4) is 5.75 Å². The van der Waals surface area contributed by atoms with Gasteiger partial charge in [0.15, 0.2) is 0 Å². The zero-order valence-electron chi connectivity index (χ0n) is 14.5. The summed E-state index contributed by atoms with van der Waals surface area (Å²) in [6.07, 6.45) is 1.29. The maximum absolute atomic E-state index is 12.1. The number of carbonyl (C=O) groups is 1. The molecule has 3 aromatic rings. The van der Waals surface area contributed by atoms with E-state index in [1.54, 1.807) is 7.11 Å². The van der Waals surface area contributed by atoms with Crippen molar-refractivity contribution in [1.29, 1.82) is 0 Å². The van der Waals surface area contributed by atoms with E-state index >= 15 is 0 Å². The van der Waals surface area contributed by atoms with Gasteiger partial charge in [0.05, 0.1) is 13.0 Å². The van der Waals surface area contributed by atoms with Crippen LogP contribution in [0, 0.1) is 0 Å². The molecular formula is C22H22O3. The maximum Gasteiger partial charge on any atom is 0.311 e. The normalized spacial score (nSPS) is 12.1. The Morgan fingerprint density at radius 2 is 1.84 bits per heavy atom. The van der Waals surface area contributed by atoms with E-state index < -0.39 is 11.9 Å². The minimum absolute atomic E-state index is 0.431. The summed E-state index contributed by atoms with van der Waals surface area (Å²) >= 11 is 0. The number of ether oxygens (including phenoxy) is 1. The number of aliphatic carboxylic acids is 1. The number of carboxylic acids is 1. The van der Waals surface area contributed by atoms with Crippen molar-refractivity contribution in [3.05, 3.63) is 77.4 Å². The summed E-state index contributed by atoms with van der Waals surface area (Å²) in [5, 5.41) is 12.1. The first-order chi connectivity index (χ1) is 12.1. The number of methoxy groups -OCH3 is 1. The summed E-state index contributed by atoms with van der Waals surface area (Å²) in [7, 11) is 1.58. The summed E-state index contributed by atoms with van der Waals surface area (Å²) in [5.41, 5.74) is 2.89. The average Bonchev–Trinajstić information content (AvgIpc) is 2.65. The van der Waals surface area contributed by atoms with Crippen LogP contribution in [0.4, 0.5) is 0 Å². The zero-order chi connectivity index (χ0) is 17.8. The number of hydrogen-bond acceptors (Lipinski definition) is 2. The number of hydrogen-bond donors (Lipinski definition) is 1. The van der Waals surface area contributed by atoms with Gasteiger partial charge in [0.2, 0.25) is 0 Å². The summed E-state index contributed by atoms with van der Waals surface area (Å²) in [6, 6.07) is 19.9. The Hall–Kier alpha value is -2.81. The molecule has 3 aromatic carbocycles. The van der Waals surface area contributed by atoms with Crippen molar-refractivity contribution in [3.63, 3.8) is 0 Å². The Balaban J connectivity index is 2.07. The van der Waals surface area contributed by atoms with Crippen LogP contribution in [0.25, 0.3) is 10.8 Å². The fourth-order valence-corrected chi connectivity index (χ4v) is 3.30. The van der Waals surface area contributed by atoms with Crippen LogP contribution in [-0.4, -0.2) is 18.2 Å². The van der Waals surface area contributed by atoms with Gasteiger partial charge in [-0.2, -0.15) is 0 Å². The summed E-state index contributed by atoms with van der Waals surface area (Å²) in [4.78, 5) is 12.1. The van der Waals surface area contributed by atoms with Crippen LogP contribution in [0.2, 0.25) is 0 Å². The van der Waals surface area contributed by atoms with Gasteiger partial charge in [-0.1, -0.05) is 61.5 Å². The molecule has 0 radical (unpaired) electrons. The number of benzene rings is 3. The smallest absolute Gasteiger partial charge is 0.311 e. The first-order valence-electron chi connectivity index (χ1n) is 8.50. The highest BCUT2D eigenvalue weighted by Gasteiger charge is 2.25. The number of fused-ring (bicyclic) bond motifs is 1. The van der Waals surface area contributed by atoms with Gasteiger partial charge in [0.25, 0.3) is 0 Å². The predicted molar refractivity (Wildman–Crippen MR) is 100 cm³/mol. The minimum atomic E-state index is -0.834. The Bertz CT molecular complexity index is 893. The van der Waals surface area contributed by atoms with Crippen LogP contribution in [0.15, 0.2) is 60.7 Å². The quantitative estimate of drug-likeness (QED) is 0.703. The van der Waals surface area contributed by atoms with Gasteiger partial charge in [0.1, 0.15) is 5.75 Å². The highest BCUT2D eigenvalue weighted by atomic mass is 16.5. The molecule has 1 N–H and O–H groups in total. The SMILES string of the molecule is CCc1ccc(OC)c(C(Cc2cccc3ccccc23)C(=O)O)c1. The lowest BCUT2D eigenvalue weighted by atomic mass is 9.88. The van der Waals surface area contributed by atoms with Gasteiger partial charge < -0.3 is 9.84 Å². The molecule has 0 bridgehead atoms. The Morgan fingerprint density at radius 3 is 2.56 bits per heavy atom. The molecule has 0 fully saturated rings. The molecular weight excluding hydrogens is 312 g/mol. The lowest BCUT2D eigenvalue weighted by molar-refractivity contribution is -0.138. The second kappa shape index (κ2) is 7.39. The third-order valence-corrected chi connectivity index (χ3v) is 4.68. The predicted octanol–water partition coefficient (Wildman–Crippen LogP) is 4.82. The van der Waals surface area contributed by atoms with Crippen LogP contribution >= 0.6 is 0 Å². The molecule has 0 aliphatic rings. The third-order valence-electron chi connectivity index (χ3n) is 4.68. The van der Waals surface area contributed by atoms with Crippen LogP contribution in [-0.2, 0) is 17.6 Å². The van der Waals surface area contributed by atoms with Crippen LogP contribution in [0.1, 0.15) is 29.5 Å². The van der Waals surface area contributed by atoms with Gasteiger partial charge in [0, 0.05) is 5.56 Å². The second-order valence-electron chi connectivity index (χ2n) is 6.16. The molecule has 25 heavy (non-hydrogen) atoms. The van der Waals surface area contributed by atoms with Crippen LogP contribution < -0.4 is 4.74 Å². The average molecular weight is 334 g/mol. The topological polar surface area (TPSA) is 46.5 Å². The van der Waals surface area contributed by atoms with Crippen molar-refractivity contribution in [2.24, 2.45) is 0 Å². The van der Waals surface area contributed by atoms with Crippen LogP contribution in [0.3, 0.4) is 0 Å². The Kier molecular flexibility index (Phi) is 5.03. The minimum Gasteiger partial charge on any atom is -0.496 e. The molecule has 0 aliphatic carbocycles. The first-order valence-corrected chi connectivity index (χ1v) is 8.50. The summed E-state index contributed by atoms with van der Waals surface area (Å²) in [6.45, 7) is 2.06. The maximum atomic E-state index is 12.1. The first kappa shape index (κ1) is 17.0. The molecule has 0 saturated heterocycles. The van der Waals surface area contributed by atoms with Crippen molar-refractivity contribution in [2.75, 3.05) is 7.11 Å². The molecule has 0 aromatic heterocycles. The van der Waals surface area contributed by atoms with E-state index in [1.165, 1.54) is 0 Å². The summed E-state index contributed by atoms with van der Waals surface area (Å²) in [5.74, 6) is -0.850. The molecule has 0 aliphatic heterocycles. The number of carboxylic acid groups (broad SMARTS) is 1. The monoisotopic (exact) mass is 334 g/mol. The van der Waals surface area contributed by atoms with Crippen molar-refractivity contribution < 1.29 is 14.6 Å². The van der Waals surface area contributed by atoms with E-state index in [-0.39, 0.29) is 0 Å². The lowest BCUT2D eigenvalue weighted by Crippen LogP contribution is -2.16. The standard InChI is InChI=1S/C22H22O3/c1-3-15-11-12-21(25-2)19(13-15)20(22(23)24)14-17-9-6-8-16-7-4-5-10-18(16)17/h4-13,20H,3,14H2,1-2H3,(H,23,24). The van der Waals surface area contributed by atoms with Crippen molar-refractivity contribution >= 4 is 16.7 Å². The zero-order valence-corrected chi connectivity index (χ0v) is 14.5. The molecule has 3 rings (SSSR count). The molecule has 0 saturated carbocycles. The molecule has 128 valence electrons. The van der Waals surface area contributed by atoms with Crippen molar-refractivity contribution in [2.45, 2.75) is 25.7 Å². The molecule has 1 atom stereocenters. The Morgan fingerprint density at radius 1 is 1.08 bits per heavy atom. The van der Waals surface area contributed by atoms with E-state index in [1.807, 2.05) is 60.7 Å². The molecule has 3 heteroatoms. The van der Waals surface area contributed by atoms with E-state index in [9.17, 15) is 9.90 Å². The number of aryl methyl sites for hydroxylation is 1. The van der Waals surface area contributed by atoms with Crippen LogP contribution in [0.5, 0.6) is 5.75 Å². The molecule has 1 unspecified atom stereocenters. The fraction of sp³-hybridized carbons (Fsp3) is 0.227. The van der Waals surface area contributed by atoms with E-state index in [4.69, 9.17) is 4.74 Å². The van der Waals surface area contributed by atoms with Gasteiger partial charge >= 0.3 is 5.97 Å². The second-order valence-corrected chi connectivity index (χ2v) is 6.16. The third kappa shape index (κ3) is 3.50. The number of rotatable bonds is 6. The summed E-state index contributed by atoms with van der Waals surface area (Å²) < 4.78 is 5.44.